The molecule has 2 aliphatic rings. The lowest BCUT2D eigenvalue weighted by molar-refractivity contribution is -0.137. The number of amides is 3. The molecule has 3 aromatic rings. The van der Waals surface area contributed by atoms with Crippen LogP contribution in [0.25, 0.3) is 0 Å². The van der Waals surface area contributed by atoms with Gasteiger partial charge in [-0.2, -0.15) is 0 Å². The third-order valence-corrected chi connectivity index (χ3v) is 8.24. The summed E-state index contributed by atoms with van der Waals surface area (Å²) in [6.45, 7) is 11.2. The molecule has 1 spiro atoms. The van der Waals surface area contributed by atoms with E-state index >= 15 is 0 Å². The molecule has 2 heterocycles. The Bertz CT molecular complexity index is 1390. The van der Waals surface area contributed by atoms with Crippen molar-refractivity contribution in [3.05, 3.63) is 95.8 Å². The zero-order valence-corrected chi connectivity index (χ0v) is 23.9. The van der Waals surface area contributed by atoms with Crippen molar-refractivity contribution in [3.63, 3.8) is 0 Å². The van der Waals surface area contributed by atoms with E-state index in [0.717, 1.165) is 16.9 Å². The molecule has 5 rings (SSSR count). The molecule has 2 fully saturated rings. The maximum absolute atomic E-state index is 14.5. The average molecular weight is 544 g/mol. The number of anilines is 1. The standard InChI is InChI=1S/C33H38FN3O3/c1-23(2)40-29-16-9-11-25(19-29)22-35-18-17-33(21-24(35)3)30(38)37(32(4,5)26-12-7-6-8-13-26)31(39)36(33)28-15-10-14-27(34)20-28/h6-16,19-20,23-24H,17-18,21-22H2,1-5H3/t24-,33+/m0/s1. The first kappa shape index (κ1) is 27.8. The van der Waals surface area contributed by atoms with Crippen molar-refractivity contribution in [2.75, 3.05) is 11.4 Å². The van der Waals surface area contributed by atoms with Crippen molar-refractivity contribution in [2.24, 2.45) is 0 Å². The maximum atomic E-state index is 14.5. The first-order valence-corrected chi connectivity index (χ1v) is 14.0. The predicted molar refractivity (Wildman–Crippen MR) is 155 cm³/mol. The number of hydrogen-bond acceptors (Lipinski definition) is 4. The summed E-state index contributed by atoms with van der Waals surface area (Å²) in [5.41, 5.74) is 0.409. The molecule has 6 nitrogen and oxygen atoms in total. The number of ether oxygens (including phenoxy) is 1. The zero-order valence-electron chi connectivity index (χ0n) is 23.9. The zero-order chi connectivity index (χ0) is 28.7. The van der Waals surface area contributed by atoms with E-state index in [4.69, 9.17) is 4.74 Å². The number of nitrogens with zero attached hydrogens (tertiary/aromatic N) is 3. The molecule has 2 aliphatic heterocycles. The van der Waals surface area contributed by atoms with E-state index in [1.165, 1.54) is 17.0 Å². The van der Waals surface area contributed by atoms with Crippen LogP contribution >= 0.6 is 0 Å². The van der Waals surface area contributed by atoms with E-state index in [0.29, 0.717) is 31.6 Å². The van der Waals surface area contributed by atoms with Crippen molar-refractivity contribution in [1.82, 2.24) is 9.80 Å². The summed E-state index contributed by atoms with van der Waals surface area (Å²) in [6.07, 6.45) is 0.978. The van der Waals surface area contributed by atoms with E-state index in [2.05, 4.69) is 24.0 Å². The molecule has 0 radical (unpaired) electrons. The van der Waals surface area contributed by atoms with Gasteiger partial charge in [0.25, 0.3) is 5.91 Å². The second-order valence-electron chi connectivity index (χ2n) is 11.8. The molecule has 3 amide bonds. The van der Waals surface area contributed by atoms with E-state index in [1.54, 1.807) is 17.0 Å². The van der Waals surface area contributed by atoms with Crippen molar-refractivity contribution in [3.8, 4) is 5.75 Å². The van der Waals surface area contributed by atoms with E-state index in [9.17, 15) is 14.0 Å². The Labute approximate surface area is 236 Å². The number of rotatable bonds is 7. The minimum absolute atomic E-state index is 0.00369. The molecular weight excluding hydrogens is 505 g/mol. The van der Waals surface area contributed by atoms with Gasteiger partial charge < -0.3 is 4.74 Å². The fourth-order valence-electron chi connectivity index (χ4n) is 6.24. The number of urea groups is 1. The smallest absolute Gasteiger partial charge is 0.333 e. The highest BCUT2D eigenvalue weighted by molar-refractivity contribution is 6.17. The predicted octanol–water partition coefficient (Wildman–Crippen LogP) is 6.74. The lowest BCUT2D eigenvalue weighted by Gasteiger charge is -2.46. The Morgan fingerprint density at radius 1 is 1.00 bits per heavy atom. The summed E-state index contributed by atoms with van der Waals surface area (Å²) in [5, 5.41) is 0. The molecule has 2 saturated heterocycles. The van der Waals surface area contributed by atoms with Crippen LogP contribution in [0.2, 0.25) is 0 Å². The second kappa shape index (κ2) is 10.7. The number of carbonyl (C=O) groups excluding carboxylic acids is 2. The Kier molecular flexibility index (Phi) is 7.44. The molecule has 0 aliphatic carbocycles. The summed E-state index contributed by atoms with van der Waals surface area (Å²) < 4.78 is 20.3. The Hall–Kier alpha value is -3.71. The number of hydrogen-bond donors (Lipinski definition) is 0. The molecule has 0 saturated carbocycles. The number of carbonyl (C=O) groups is 2. The van der Waals surface area contributed by atoms with Crippen LogP contribution in [0.4, 0.5) is 14.9 Å². The highest BCUT2D eigenvalue weighted by atomic mass is 19.1. The van der Waals surface area contributed by atoms with Crippen LogP contribution in [0.15, 0.2) is 78.9 Å². The fraction of sp³-hybridized carbons (Fsp3) is 0.394. The molecule has 0 unspecified atom stereocenters. The molecule has 40 heavy (non-hydrogen) atoms. The minimum atomic E-state index is -1.10. The van der Waals surface area contributed by atoms with Crippen LogP contribution in [-0.4, -0.2) is 46.0 Å². The van der Waals surface area contributed by atoms with Gasteiger partial charge in [0, 0.05) is 24.8 Å². The van der Waals surface area contributed by atoms with Gasteiger partial charge in [0.15, 0.2) is 0 Å². The number of benzene rings is 3. The fourth-order valence-corrected chi connectivity index (χ4v) is 6.24. The van der Waals surface area contributed by atoms with Gasteiger partial charge in [0.2, 0.25) is 0 Å². The van der Waals surface area contributed by atoms with Crippen molar-refractivity contribution in [2.45, 2.75) is 77.2 Å². The van der Waals surface area contributed by atoms with E-state index < -0.39 is 22.9 Å². The van der Waals surface area contributed by atoms with Gasteiger partial charge in [-0.05, 0) is 88.9 Å². The van der Waals surface area contributed by atoms with E-state index in [1.807, 2.05) is 70.2 Å². The number of imide groups is 1. The SMILES string of the molecule is CC(C)Oc1cccc(CN2CC[C@@]3(C[C@@H]2C)C(=O)N(C(C)(C)c2ccccc2)C(=O)N3c2cccc(F)c2)c1. The normalized spacial score (nSPS) is 22.0. The van der Waals surface area contributed by atoms with Crippen LogP contribution in [0.5, 0.6) is 5.75 Å². The third kappa shape index (κ3) is 4.99. The molecule has 0 N–H and O–H groups in total. The minimum Gasteiger partial charge on any atom is -0.491 e. The summed E-state index contributed by atoms with van der Waals surface area (Å²) >= 11 is 0. The summed E-state index contributed by atoms with van der Waals surface area (Å²) in [6, 6.07) is 23.3. The third-order valence-electron chi connectivity index (χ3n) is 8.24. The summed E-state index contributed by atoms with van der Waals surface area (Å²) in [5.74, 6) is 0.165. The topological polar surface area (TPSA) is 53.1 Å². The Balaban J connectivity index is 1.48. The maximum Gasteiger partial charge on any atom is 0.333 e. The quantitative estimate of drug-likeness (QED) is 0.310. The highest BCUT2D eigenvalue weighted by Gasteiger charge is 2.62. The van der Waals surface area contributed by atoms with Gasteiger partial charge in [-0.25, -0.2) is 9.18 Å². The Morgan fingerprint density at radius 3 is 2.40 bits per heavy atom. The Morgan fingerprint density at radius 2 is 1.73 bits per heavy atom. The summed E-state index contributed by atoms with van der Waals surface area (Å²) in [4.78, 5) is 34.0. The molecular formula is C33H38FN3O3. The van der Waals surface area contributed by atoms with Gasteiger partial charge in [-0.15, -0.1) is 0 Å². The molecule has 0 bridgehead atoms. The molecule has 210 valence electrons. The van der Waals surface area contributed by atoms with Crippen LogP contribution in [0.1, 0.15) is 58.6 Å². The lowest BCUT2D eigenvalue weighted by Crippen LogP contribution is -2.59. The molecule has 2 atom stereocenters. The average Bonchev–Trinajstić information content (AvgIpc) is 3.11. The first-order chi connectivity index (χ1) is 19.0. The second-order valence-corrected chi connectivity index (χ2v) is 11.8. The van der Waals surface area contributed by atoms with E-state index in [-0.39, 0.29) is 18.1 Å². The highest BCUT2D eigenvalue weighted by Crippen LogP contribution is 2.46. The van der Waals surface area contributed by atoms with Gasteiger partial charge >= 0.3 is 6.03 Å². The lowest BCUT2D eigenvalue weighted by atomic mass is 9.80. The largest absolute Gasteiger partial charge is 0.491 e. The van der Waals surface area contributed by atoms with Crippen LogP contribution in [0.3, 0.4) is 0 Å². The monoisotopic (exact) mass is 543 g/mol. The molecule has 0 aromatic heterocycles. The van der Waals surface area contributed by atoms with Gasteiger partial charge in [0.1, 0.15) is 17.1 Å². The van der Waals surface area contributed by atoms with Gasteiger partial charge in [-0.1, -0.05) is 48.5 Å². The van der Waals surface area contributed by atoms with Crippen molar-refractivity contribution in [1.29, 1.82) is 0 Å². The van der Waals surface area contributed by atoms with Gasteiger partial charge in [-0.3, -0.25) is 19.5 Å². The van der Waals surface area contributed by atoms with Crippen molar-refractivity contribution >= 4 is 17.6 Å². The first-order valence-electron chi connectivity index (χ1n) is 14.0. The number of likely N-dealkylation sites (tertiary alicyclic amines) is 1. The van der Waals surface area contributed by atoms with Crippen molar-refractivity contribution < 1.29 is 18.7 Å². The van der Waals surface area contributed by atoms with Crippen LogP contribution < -0.4 is 9.64 Å². The molecule has 3 aromatic carbocycles. The molecule has 7 heteroatoms. The number of halogens is 1. The van der Waals surface area contributed by atoms with Crippen LogP contribution in [0, 0.1) is 5.82 Å². The van der Waals surface area contributed by atoms with Crippen LogP contribution in [-0.2, 0) is 16.9 Å². The van der Waals surface area contributed by atoms with Gasteiger partial charge in [0.05, 0.1) is 11.6 Å². The summed E-state index contributed by atoms with van der Waals surface area (Å²) in [7, 11) is 0. The number of piperidine rings is 1.